The molecule has 0 spiro atoms. The predicted octanol–water partition coefficient (Wildman–Crippen LogP) is 3.90. The minimum Gasteiger partial charge on any atom is -0.486 e. The van der Waals surface area contributed by atoms with Gasteiger partial charge in [0, 0.05) is 11.6 Å². The quantitative estimate of drug-likeness (QED) is 0.355. The number of rotatable bonds is 8. The molecule has 1 aliphatic heterocycles. The van der Waals surface area contributed by atoms with Crippen LogP contribution in [0.3, 0.4) is 0 Å². The molecule has 3 aromatic rings. The van der Waals surface area contributed by atoms with Crippen LogP contribution < -0.4 is 13.8 Å². The molecular weight excluding hydrogens is 635 g/mol. The number of nitrogens with zero attached hydrogens (tertiary/aromatic N) is 2. The van der Waals surface area contributed by atoms with Gasteiger partial charge in [-0.05, 0) is 56.7 Å². The molecule has 0 saturated heterocycles. The molecule has 0 fully saturated rings. The number of sulfonamides is 2. The zero-order valence-corrected chi connectivity index (χ0v) is 25.4. The molecule has 1 aliphatic rings. The third kappa shape index (κ3) is 7.83. The molecule has 0 aliphatic carbocycles. The third-order valence-corrected chi connectivity index (χ3v) is 10.1. The summed E-state index contributed by atoms with van der Waals surface area (Å²) in [6.45, 7) is 4.46. The first-order valence-electron chi connectivity index (χ1n) is 12.5. The largest absolute Gasteiger partial charge is 0.486 e. The number of alkyl halides is 3. The molecule has 1 atom stereocenters. The van der Waals surface area contributed by atoms with Crippen molar-refractivity contribution >= 4 is 48.9 Å². The van der Waals surface area contributed by atoms with Crippen molar-refractivity contribution in [1.29, 1.82) is 0 Å². The zero-order valence-electron chi connectivity index (χ0n) is 22.9. The number of ether oxygens (including phenoxy) is 2. The molecule has 1 aromatic heterocycles. The van der Waals surface area contributed by atoms with Crippen LogP contribution in [0.5, 0.6) is 5.75 Å². The first kappa shape index (κ1) is 32.2. The summed E-state index contributed by atoms with van der Waals surface area (Å²) in [5, 5.41) is 1.40. The van der Waals surface area contributed by atoms with Gasteiger partial charge in [0.05, 0.1) is 35.5 Å². The van der Waals surface area contributed by atoms with Gasteiger partial charge in [-0.1, -0.05) is 12.1 Å². The Morgan fingerprint density at radius 3 is 2.47 bits per heavy atom. The van der Waals surface area contributed by atoms with Crippen LogP contribution in [0.2, 0.25) is 0 Å². The second kappa shape index (κ2) is 11.8. The van der Waals surface area contributed by atoms with E-state index in [1.165, 1.54) is 29.8 Å². The number of nitrogens with one attached hydrogen (secondary N) is 1. The van der Waals surface area contributed by atoms with Crippen LogP contribution in [0.4, 0.5) is 18.9 Å². The lowest BCUT2D eigenvalue weighted by atomic mass is 10.1. The number of carbonyl (C=O) groups is 2. The van der Waals surface area contributed by atoms with Gasteiger partial charge < -0.3 is 9.47 Å². The van der Waals surface area contributed by atoms with Gasteiger partial charge in [0.25, 0.3) is 20.0 Å². The number of hydrogen-bond acceptors (Lipinski definition) is 10. The molecule has 1 amide bonds. The Balaban J connectivity index is 1.68. The molecule has 2 aromatic carbocycles. The number of fused-ring (bicyclic) bond motifs is 1. The number of anilines is 1. The standard InChI is InChI=1S/C26H26F3N3O8S3/c1-25(2,3)40-23(34)12-16-7-8-21-20(11-16)32(43(37,38)19-6-4-5-17(13-19)26(27,28)29)15-18(39-21)14-22(33)31-42(35,36)24-30-9-10-41-24/h4-11,13,18H,12,14-15H2,1-3H3,(H,31,33)/t18-/m0/s1. The molecule has 43 heavy (non-hydrogen) atoms. The molecule has 1 N–H and O–H groups in total. The molecule has 232 valence electrons. The Labute approximate surface area is 249 Å². The highest BCUT2D eigenvalue weighted by atomic mass is 32.2. The maximum Gasteiger partial charge on any atom is 0.416 e. The van der Waals surface area contributed by atoms with E-state index in [2.05, 4.69) is 4.98 Å². The van der Waals surface area contributed by atoms with Crippen molar-refractivity contribution in [3.63, 3.8) is 0 Å². The monoisotopic (exact) mass is 661 g/mol. The van der Waals surface area contributed by atoms with E-state index in [0.29, 0.717) is 11.6 Å². The third-order valence-electron chi connectivity index (χ3n) is 5.77. The lowest BCUT2D eigenvalue weighted by molar-refractivity contribution is -0.154. The second-order valence-electron chi connectivity index (χ2n) is 10.4. The Hall–Kier alpha value is -3.70. The number of esters is 1. The Morgan fingerprint density at radius 2 is 1.84 bits per heavy atom. The lowest BCUT2D eigenvalue weighted by Crippen LogP contribution is -2.46. The van der Waals surface area contributed by atoms with Crippen molar-refractivity contribution < 1.29 is 49.1 Å². The number of amides is 1. The van der Waals surface area contributed by atoms with E-state index in [1.807, 2.05) is 4.72 Å². The van der Waals surface area contributed by atoms with Gasteiger partial charge in [-0.25, -0.2) is 18.1 Å². The van der Waals surface area contributed by atoms with E-state index in [0.717, 1.165) is 33.8 Å². The topological polar surface area (TPSA) is 149 Å². The van der Waals surface area contributed by atoms with E-state index < -0.39 is 73.2 Å². The summed E-state index contributed by atoms with van der Waals surface area (Å²) in [4.78, 5) is 28.1. The van der Waals surface area contributed by atoms with Gasteiger partial charge >= 0.3 is 12.1 Å². The fourth-order valence-electron chi connectivity index (χ4n) is 4.09. The van der Waals surface area contributed by atoms with Crippen molar-refractivity contribution in [3.8, 4) is 5.75 Å². The van der Waals surface area contributed by atoms with Gasteiger partial charge in [-0.15, -0.1) is 11.3 Å². The van der Waals surface area contributed by atoms with Crippen LogP contribution in [-0.4, -0.2) is 51.9 Å². The fourth-order valence-corrected chi connectivity index (χ4v) is 7.46. The number of hydrogen-bond donors (Lipinski definition) is 1. The van der Waals surface area contributed by atoms with Crippen LogP contribution in [-0.2, 0) is 47.0 Å². The number of aromatic nitrogens is 1. The average molecular weight is 662 g/mol. The number of thiazole rings is 1. The normalized spacial score (nSPS) is 15.8. The van der Waals surface area contributed by atoms with Gasteiger partial charge in [-0.3, -0.25) is 13.9 Å². The van der Waals surface area contributed by atoms with Gasteiger partial charge in [0.1, 0.15) is 17.5 Å². The van der Waals surface area contributed by atoms with E-state index in [1.54, 1.807) is 20.8 Å². The zero-order chi connectivity index (χ0) is 31.8. The molecule has 0 unspecified atom stereocenters. The number of benzene rings is 2. The van der Waals surface area contributed by atoms with Crippen LogP contribution in [0, 0.1) is 0 Å². The summed E-state index contributed by atoms with van der Waals surface area (Å²) in [6.07, 6.45) is -5.70. The van der Waals surface area contributed by atoms with Crippen LogP contribution >= 0.6 is 11.3 Å². The maximum absolute atomic E-state index is 13.8. The summed E-state index contributed by atoms with van der Waals surface area (Å²) in [6, 6.07) is 7.29. The summed E-state index contributed by atoms with van der Waals surface area (Å²) in [5.74, 6) is -1.69. The summed E-state index contributed by atoms with van der Waals surface area (Å²) >= 11 is 0.775. The molecule has 0 radical (unpaired) electrons. The Morgan fingerprint density at radius 1 is 1.12 bits per heavy atom. The Kier molecular flexibility index (Phi) is 8.82. The van der Waals surface area contributed by atoms with Crippen LogP contribution in [0.15, 0.2) is 63.3 Å². The number of carbonyl (C=O) groups excluding carboxylic acids is 2. The van der Waals surface area contributed by atoms with Crippen molar-refractivity contribution in [2.75, 3.05) is 10.8 Å². The van der Waals surface area contributed by atoms with E-state index in [-0.39, 0.29) is 22.2 Å². The lowest BCUT2D eigenvalue weighted by Gasteiger charge is -2.35. The van der Waals surface area contributed by atoms with Crippen LogP contribution in [0.25, 0.3) is 0 Å². The predicted molar refractivity (Wildman–Crippen MR) is 148 cm³/mol. The van der Waals surface area contributed by atoms with Gasteiger partial charge in [-0.2, -0.15) is 21.6 Å². The van der Waals surface area contributed by atoms with Gasteiger partial charge in [0.2, 0.25) is 10.2 Å². The van der Waals surface area contributed by atoms with Gasteiger partial charge in [0.15, 0.2) is 0 Å². The van der Waals surface area contributed by atoms with Crippen LogP contribution in [0.1, 0.15) is 38.3 Å². The second-order valence-corrected chi connectivity index (χ2v) is 15.0. The molecular formula is C26H26F3N3O8S3. The smallest absolute Gasteiger partial charge is 0.416 e. The van der Waals surface area contributed by atoms with E-state index in [9.17, 15) is 39.6 Å². The summed E-state index contributed by atoms with van der Waals surface area (Å²) in [7, 11) is -8.98. The summed E-state index contributed by atoms with van der Waals surface area (Å²) < 4.78 is 106. The molecule has 17 heteroatoms. The summed E-state index contributed by atoms with van der Waals surface area (Å²) in [5.41, 5.74) is -1.74. The average Bonchev–Trinajstić information content (AvgIpc) is 3.43. The van der Waals surface area contributed by atoms with Crippen molar-refractivity contribution in [1.82, 2.24) is 9.71 Å². The molecule has 11 nitrogen and oxygen atoms in total. The highest BCUT2D eigenvalue weighted by Crippen LogP contribution is 2.39. The minimum absolute atomic E-state index is 0.0599. The highest BCUT2D eigenvalue weighted by Gasteiger charge is 2.38. The maximum atomic E-state index is 13.8. The first-order chi connectivity index (χ1) is 19.8. The number of halogens is 3. The molecule has 2 heterocycles. The molecule has 4 rings (SSSR count). The van der Waals surface area contributed by atoms with Crippen molar-refractivity contribution in [2.24, 2.45) is 0 Å². The highest BCUT2D eigenvalue weighted by molar-refractivity contribution is 7.93. The SMILES string of the molecule is CC(C)(C)OC(=O)Cc1ccc2c(c1)N(S(=O)(=O)c1cccc(C(F)(F)F)c1)C[C@H](CC(=O)NS(=O)(=O)c1nccs1)O2. The van der Waals surface area contributed by atoms with E-state index >= 15 is 0 Å². The van der Waals surface area contributed by atoms with Crippen molar-refractivity contribution in [2.45, 2.75) is 60.7 Å². The Bertz CT molecular complexity index is 1740. The first-order valence-corrected chi connectivity index (χ1v) is 16.3. The molecule has 0 bridgehead atoms. The minimum atomic E-state index is -4.82. The van der Waals surface area contributed by atoms with Crippen molar-refractivity contribution in [3.05, 3.63) is 65.2 Å². The fraction of sp³-hybridized carbons (Fsp3) is 0.346. The molecule has 0 saturated carbocycles. The van der Waals surface area contributed by atoms with E-state index in [4.69, 9.17) is 9.47 Å².